The topological polar surface area (TPSA) is 80.0 Å². The van der Waals surface area contributed by atoms with Gasteiger partial charge in [-0.2, -0.15) is 0 Å². The first-order valence-electron chi connectivity index (χ1n) is 5.00. The molecule has 1 heterocycles. The van der Waals surface area contributed by atoms with Crippen molar-refractivity contribution in [2.24, 2.45) is 11.8 Å². The van der Waals surface area contributed by atoms with Crippen molar-refractivity contribution in [3.8, 4) is 0 Å². The van der Waals surface area contributed by atoms with Crippen LogP contribution in [0.2, 0.25) is 0 Å². The number of nitrogen functional groups attached to an aromatic ring is 1. The highest BCUT2D eigenvalue weighted by Gasteiger charge is 2.22. The fraction of sp³-hybridized carbons (Fsp3) is 0.400. The summed E-state index contributed by atoms with van der Waals surface area (Å²) in [7, 11) is 0. The van der Waals surface area contributed by atoms with Gasteiger partial charge in [-0.3, -0.25) is 15.6 Å². The Morgan fingerprint density at radius 1 is 1.60 bits per heavy atom. The molecule has 1 saturated carbocycles. The number of hydrazine groups is 1. The first-order chi connectivity index (χ1) is 7.29. The number of carbonyl (C=O) groups is 1. The Balaban J connectivity index is 1.96. The third-order valence-electron chi connectivity index (χ3n) is 2.41. The van der Waals surface area contributed by atoms with E-state index in [0.29, 0.717) is 17.3 Å². The van der Waals surface area contributed by atoms with E-state index >= 15 is 0 Å². The lowest BCUT2D eigenvalue weighted by Gasteiger charge is -2.04. The molecule has 1 aromatic rings. The van der Waals surface area contributed by atoms with Gasteiger partial charge in [0.15, 0.2) is 0 Å². The van der Waals surface area contributed by atoms with Crippen LogP contribution in [0.15, 0.2) is 18.3 Å². The number of hydrogen-bond acceptors (Lipinski definition) is 4. The molecule has 5 nitrogen and oxygen atoms in total. The van der Waals surface area contributed by atoms with Gasteiger partial charge in [-0.05, 0) is 30.9 Å². The summed E-state index contributed by atoms with van der Waals surface area (Å²) in [6.07, 6.45) is 4.00. The minimum absolute atomic E-state index is 0.140. The van der Waals surface area contributed by atoms with Crippen LogP contribution in [0.3, 0.4) is 0 Å². The molecule has 2 rings (SSSR count). The van der Waals surface area contributed by atoms with Crippen molar-refractivity contribution in [3.63, 3.8) is 0 Å². The van der Waals surface area contributed by atoms with E-state index in [1.165, 1.54) is 12.8 Å². The number of amides is 1. The number of pyridine rings is 1. The van der Waals surface area contributed by atoms with Crippen LogP contribution in [0, 0.1) is 5.92 Å². The van der Waals surface area contributed by atoms with Crippen molar-refractivity contribution >= 4 is 11.6 Å². The number of anilines is 1. The Labute approximate surface area is 88.0 Å². The summed E-state index contributed by atoms with van der Waals surface area (Å²) in [4.78, 5) is 15.6. The molecular formula is C10H14N4O. The maximum atomic E-state index is 11.6. The average Bonchev–Trinajstić information content (AvgIpc) is 3.10. The van der Waals surface area contributed by atoms with Crippen LogP contribution in [-0.4, -0.2) is 17.4 Å². The standard InChI is InChI=1S/C10H14N4O/c11-14-8-3-4-12-9(5-8)10(15)13-6-7-1-2-7/h3-5,7H,1-2,6,11H2,(H,12,14)(H,13,15). The minimum Gasteiger partial charge on any atom is -0.350 e. The van der Waals surface area contributed by atoms with E-state index in [9.17, 15) is 4.79 Å². The molecule has 1 aliphatic carbocycles. The maximum Gasteiger partial charge on any atom is 0.269 e. The van der Waals surface area contributed by atoms with Gasteiger partial charge >= 0.3 is 0 Å². The third-order valence-corrected chi connectivity index (χ3v) is 2.41. The molecule has 80 valence electrons. The molecule has 0 atom stereocenters. The highest BCUT2D eigenvalue weighted by molar-refractivity contribution is 5.93. The highest BCUT2D eigenvalue weighted by Crippen LogP contribution is 2.27. The maximum absolute atomic E-state index is 11.6. The van der Waals surface area contributed by atoms with Crippen LogP contribution < -0.4 is 16.6 Å². The molecule has 0 aliphatic heterocycles. The second-order valence-corrected chi connectivity index (χ2v) is 3.73. The van der Waals surface area contributed by atoms with Gasteiger partial charge in [0.2, 0.25) is 0 Å². The molecule has 0 spiro atoms. The van der Waals surface area contributed by atoms with Crippen LogP contribution in [0.1, 0.15) is 23.3 Å². The van der Waals surface area contributed by atoms with E-state index in [4.69, 9.17) is 5.84 Å². The van der Waals surface area contributed by atoms with Gasteiger partial charge in [-0.1, -0.05) is 0 Å². The van der Waals surface area contributed by atoms with Crippen LogP contribution in [0.25, 0.3) is 0 Å². The number of carbonyl (C=O) groups excluding carboxylic acids is 1. The fourth-order valence-corrected chi connectivity index (χ4v) is 1.29. The van der Waals surface area contributed by atoms with Gasteiger partial charge in [0.1, 0.15) is 5.69 Å². The summed E-state index contributed by atoms with van der Waals surface area (Å²) in [6, 6.07) is 3.33. The van der Waals surface area contributed by atoms with Crippen LogP contribution >= 0.6 is 0 Å². The van der Waals surface area contributed by atoms with Gasteiger partial charge in [0, 0.05) is 12.7 Å². The Hall–Kier alpha value is -1.62. The van der Waals surface area contributed by atoms with Crippen molar-refractivity contribution in [2.75, 3.05) is 12.0 Å². The monoisotopic (exact) mass is 206 g/mol. The number of nitrogens with zero attached hydrogens (tertiary/aromatic N) is 1. The summed E-state index contributed by atoms with van der Waals surface area (Å²) in [5, 5.41) is 2.84. The van der Waals surface area contributed by atoms with Crippen molar-refractivity contribution < 1.29 is 4.79 Å². The SMILES string of the molecule is NNc1ccnc(C(=O)NCC2CC2)c1. The third kappa shape index (κ3) is 2.66. The van der Waals surface area contributed by atoms with E-state index in [0.717, 1.165) is 6.54 Å². The van der Waals surface area contributed by atoms with Gasteiger partial charge in [-0.15, -0.1) is 0 Å². The zero-order chi connectivity index (χ0) is 10.7. The lowest BCUT2D eigenvalue weighted by molar-refractivity contribution is 0.0947. The molecule has 15 heavy (non-hydrogen) atoms. The summed E-state index contributed by atoms with van der Waals surface area (Å²) < 4.78 is 0. The second kappa shape index (κ2) is 4.27. The van der Waals surface area contributed by atoms with E-state index in [2.05, 4.69) is 15.7 Å². The normalized spacial score (nSPS) is 14.7. The first-order valence-corrected chi connectivity index (χ1v) is 5.00. The molecule has 0 radical (unpaired) electrons. The lowest BCUT2D eigenvalue weighted by atomic mass is 10.3. The number of hydrogen-bond donors (Lipinski definition) is 3. The van der Waals surface area contributed by atoms with Crippen molar-refractivity contribution in [3.05, 3.63) is 24.0 Å². The van der Waals surface area contributed by atoms with Crippen LogP contribution in [0.5, 0.6) is 0 Å². The van der Waals surface area contributed by atoms with E-state index in [-0.39, 0.29) is 5.91 Å². The summed E-state index contributed by atoms with van der Waals surface area (Å²) in [6.45, 7) is 0.751. The summed E-state index contributed by atoms with van der Waals surface area (Å²) in [5.41, 5.74) is 3.56. The highest BCUT2D eigenvalue weighted by atomic mass is 16.1. The zero-order valence-electron chi connectivity index (χ0n) is 8.36. The summed E-state index contributed by atoms with van der Waals surface area (Å²) >= 11 is 0. The second-order valence-electron chi connectivity index (χ2n) is 3.73. The van der Waals surface area contributed by atoms with Crippen LogP contribution in [0.4, 0.5) is 5.69 Å². The van der Waals surface area contributed by atoms with Gasteiger partial charge in [-0.25, -0.2) is 0 Å². The lowest BCUT2D eigenvalue weighted by Crippen LogP contribution is -2.26. The predicted octanol–water partition coefficient (Wildman–Crippen LogP) is 0.507. The molecule has 0 aromatic carbocycles. The minimum atomic E-state index is -0.140. The number of nitrogens with one attached hydrogen (secondary N) is 2. The molecule has 0 unspecified atom stereocenters. The number of aromatic nitrogens is 1. The summed E-state index contributed by atoms with van der Waals surface area (Å²) in [5.74, 6) is 5.77. The quantitative estimate of drug-likeness (QED) is 0.495. The smallest absolute Gasteiger partial charge is 0.269 e. The average molecular weight is 206 g/mol. The zero-order valence-corrected chi connectivity index (χ0v) is 8.36. The first kappa shape index (κ1) is 9.92. The Morgan fingerprint density at radius 2 is 2.40 bits per heavy atom. The molecule has 0 bridgehead atoms. The molecule has 1 fully saturated rings. The van der Waals surface area contributed by atoms with Crippen molar-refractivity contribution in [1.29, 1.82) is 0 Å². The van der Waals surface area contributed by atoms with E-state index in [1.54, 1.807) is 18.3 Å². The number of rotatable bonds is 4. The van der Waals surface area contributed by atoms with Crippen molar-refractivity contribution in [1.82, 2.24) is 10.3 Å². The number of nitrogens with two attached hydrogens (primary N) is 1. The molecule has 1 aliphatic rings. The molecule has 1 aromatic heterocycles. The predicted molar refractivity (Wildman–Crippen MR) is 57.1 cm³/mol. The van der Waals surface area contributed by atoms with E-state index in [1.807, 2.05) is 0 Å². The molecule has 0 saturated heterocycles. The Morgan fingerprint density at radius 3 is 3.07 bits per heavy atom. The molecule has 1 amide bonds. The fourth-order valence-electron chi connectivity index (χ4n) is 1.29. The van der Waals surface area contributed by atoms with Gasteiger partial charge in [0.05, 0.1) is 5.69 Å². The van der Waals surface area contributed by atoms with Gasteiger partial charge in [0.25, 0.3) is 5.91 Å². The Kier molecular flexibility index (Phi) is 2.82. The van der Waals surface area contributed by atoms with Crippen molar-refractivity contribution in [2.45, 2.75) is 12.8 Å². The molecule has 5 heteroatoms. The van der Waals surface area contributed by atoms with Crippen LogP contribution in [-0.2, 0) is 0 Å². The van der Waals surface area contributed by atoms with Gasteiger partial charge < -0.3 is 10.7 Å². The van der Waals surface area contributed by atoms with E-state index < -0.39 is 0 Å². The molecule has 4 N–H and O–H groups in total. The largest absolute Gasteiger partial charge is 0.350 e. The Bertz CT molecular complexity index is 362. The molecular weight excluding hydrogens is 192 g/mol.